The van der Waals surface area contributed by atoms with Crippen molar-refractivity contribution in [3.63, 3.8) is 0 Å². The molecule has 2 amide bonds. The van der Waals surface area contributed by atoms with Crippen molar-refractivity contribution in [2.45, 2.75) is 19.8 Å². The second kappa shape index (κ2) is 7.36. The molecule has 0 fully saturated rings. The topological polar surface area (TPSA) is 58.2 Å². The van der Waals surface area contributed by atoms with Crippen molar-refractivity contribution in [3.05, 3.63) is 59.9 Å². The number of nitrogens with one attached hydrogen (secondary N) is 2. The molecule has 0 spiro atoms. The third-order valence-corrected chi connectivity index (χ3v) is 3.02. The molecular formula is C17H17FN2O2. The Morgan fingerprint density at radius 1 is 1.00 bits per heavy atom. The Kier molecular flexibility index (Phi) is 5.25. The first kappa shape index (κ1) is 15.7. The summed E-state index contributed by atoms with van der Waals surface area (Å²) in [4.78, 5) is 22.9. The predicted octanol–water partition coefficient (Wildman–Crippen LogP) is 3.36. The van der Waals surface area contributed by atoms with Crippen LogP contribution in [0.4, 0.5) is 15.8 Å². The number of benzene rings is 2. The first-order valence-electron chi connectivity index (χ1n) is 6.95. The molecule has 0 aliphatic heterocycles. The van der Waals surface area contributed by atoms with Gasteiger partial charge in [-0.2, -0.15) is 0 Å². The van der Waals surface area contributed by atoms with Crippen molar-refractivity contribution in [2.75, 3.05) is 10.6 Å². The van der Waals surface area contributed by atoms with Crippen molar-refractivity contribution >= 4 is 23.2 Å². The van der Waals surface area contributed by atoms with Crippen molar-refractivity contribution in [1.29, 1.82) is 0 Å². The van der Waals surface area contributed by atoms with E-state index in [0.717, 1.165) is 5.56 Å². The molecule has 0 atom stereocenters. The summed E-state index contributed by atoms with van der Waals surface area (Å²) < 4.78 is 12.8. The van der Waals surface area contributed by atoms with Crippen molar-refractivity contribution in [2.24, 2.45) is 0 Å². The summed E-state index contributed by atoms with van der Waals surface area (Å²) in [5.41, 5.74) is 2.16. The number of hydrogen-bond acceptors (Lipinski definition) is 2. The van der Waals surface area contributed by atoms with Crippen LogP contribution in [0.2, 0.25) is 0 Å². The molecule has 0 bridgehead atoms. The SMILES string of the molecule is CC(=O)Nc1cccc(NC(=O)CCc2ccc(F)cc2)c1. The van der Waals surface area contributed by atoms with Crippen LogP contribution in [0.5, 0.6) is 0 Å². The molecule has 0 aliphatic carbocycles. The van der Waals surface area contributed by atoms with Crippen LogP contribution in [0.25, 0.3) is 0 Å². The van der Waals surface area contributed by atoms with Crippen molar-refractivity contribution < 1.29 is 14.0 Å². The largest absolute Gasteiger partial charge is 0.326 e. The standard InChI is InChI=1S/C17H17FN2O2/c1-12(21)19-15-3-2-4-16(11-15)20-17(22)10-7-13-5-8-14(18)9-6-13/h2-6,8-9,11H,7,10H2,1H3,(H,19,21)(H,20,22). The fourth-order valence-electron chi connectivity index (χ4n) is 2.01. The van der Waals surface area contributed by atoms with Gasteiger partial charge in [-0.05, 0) is 42.3 Å². The summed E-state index contributed by atoms with van der Waals surface area (Å²) in [6.45, 7) is 1.42. The van der Waals surface area contributed by atoms with Crippen LogP contribution in [0.1, 0.15) is 18.9 Å². The van der Waals surface area contributed by atoms with Crippen molar-refractivity contribution in [1.82, 2.24) is 0 Å². The molecule has 0 heterocycles. The van der Waals surface area contributed by atoms with Gasteiger partial charge < -0.3 is 10.6 Å². The quantitative estimate of drug-likeness (QED) is 0.889. The third kappa shape index (κ3) is 5.01. The Balaban J connectivity index is 1.89. The van der Waals surface area contributed by atoms with E-state index < -0.39 is 0 Å². The third-order valence-electron chi connectivity index (χ3n) is 3.02. The number of anilines is 2. The Morgan fingerprint density at radius 3 is 2.27 bits per heavy atom. The normalized spacial score (nSPS) is 10.1. The van der Waals surface area contributed by atoms with E-state index in [0.29, 0.717) is 24.2 Å². The van der Waals surface area contributed by atoms with Crippen LogP contribution >= 0.6 is 0 Å². The maximum absolute atomic E-state index is 12.8. The average molecular weight is 300 g/mol. The molecule has 0 aliphatic rings. The molecule has 2 N–H and O–H groups in total. The van der Waals surface area contributed by atoms with Gasteiger partial charge in [-0.1, -0.05) is 18.2 Å². The van der Waals surface area contributed by atoms with E-state index in [1.54, 1.807) is 36.4 Å². The van der Waals surface area contributed by atoms with Gasteiger partial charge in [0.1, 0.15) is 5.82 Å². The zero-order valence-electron chi connectivity index (χ0n) is 12.2. The molecule has 0 aromatic heterocycles. The molecule has 0 saturated carbocycles. The van der Waals surface area contributed by atoms with E-state index >= 15 is 0 Å². The zero-order chi connectivity index (χ0) is 15.9. The van der Waals surface area contributed by atoms with Crippen molar-refractivity contribution in [3.8, 4) is 0 Å². The Labute approximate surface area is 128 Å². The van der Waals surface area contributed by atoms with Crippen LogP contribution < -0.4 is 10.6 Å². The van der Waals surface area contributed by atoms with Gasteiger partial charge in [0, 0.05) is 24.7 Å². The highest BCUT2D eigenvalue weighted by Gasteiger charge is 2.04. The zero-order valence-corrected chi connectivity index (χ0v) is 12.2. The van der Waals surface area contributed by atoms with E-state index in [2.05, 4.69) is 10.6 Å². The fraction of sp³-hybridized carbons (Fsp3) is 0.176. The van der Waals surface area contributed by atoms with Gasteiger partial charge >= 0.3 is 0 Å². The van der Waals surface area contributed by atoms with Crippen LogP contribution in [-0.4, -0.2) is 11.8 Å². The molecular weight excluding hydrogens is 283 g/mol. The number of carbonyl (C=O) groups is 2. The van der Waals surface area contributed by atoms with E-state index in [1.807, 2.05) is 0 Å². The lowest BCUT2D eigenvalue weighted by atomic mass is 10.1. The Morgan fingerprint density at radius 2 is 1.64 bits per heavy atom. The number of aryl methyl sites for hydroxylation is 1. The molecule has 0 unspecified atom stereocenters. The lowest BCUT2D eigenvalue weighted by Crippen LogP contribution is -2.13. The highest BCUT2D eigenvalue weighted by Crippen LogP contribution is 2.15. The van der Waals surface area contributed by atoms with Crippen LogP contribution in [0.3, 0.4) is 0 Å². The predicted molar refractivity (Wildman–Crippen MR) is 84.1 cm³/mol. The molecule has 2 aromatic rings. The second-order valence-electron chi connectivity index (χ2n) is 4.94. The highest BCUT2D eigenvalue weighted by atomic mass is 19.1. The van der Waals surface area contributed by atoms with Crippen LogP contribution in [0.15, 0.2) is 48.5 Å². The number of halogens is 1. The maximum atomic E-state index is 12.8. The van der Waals surface area contributed by atoms with E-state index in [-0.39, 0.29) is 17.6 Å². The molecule has 0 radical (unpaired) electrons. The Hall–Kier alpha value is -2.69. The summed E-state index contributed by atoms with van der Waals surface area (Å²) in [5.74, 6) is -0.591. The van der Waals surface area contributed by atoms with Gasteiger partial charge in [0.15, 0.2) is 0 Å². The van der Waals surface area contributed by atoms with Crippen LogP contribution in [0, 0.1) is 5.82 Å². The highest BCUT2D eigenvalue weighted by molar-refractivity contribution is 5.93. The van der Waals surface area contributed by atoms with Gasteiger partial charge in [-0.3, -0.25) is 9.59 Å². The van der Waals surface area contributed by atoms with Gasteiger partial charge in [0.05, 0.1) is 0 Å². The van der Waals surface area contributed by atoms with E-state index in [1.165, 1.54) is 19.1 Å². The maximum Gasteiger partial charge on any atom is 0.224 e. The minimum atomic E-state index is -0.289. The molecule has 22 heavy (non-hydrogen) atoms. The van der Waals surface area contributed by atoms with Gasteiger partial charge in [-0.25, -0.2) is 4.39 Å². The monoisotopic (exact) mass is 300 g/mol. The number of amides is 2. The minimum absolute atomic E-state index is 0.135. The summed E-state index contributed by atoms with van der Waals surface area (Å²) in [6, 6.07) is 13.0. The number of carbonyl (C=O) groups excluding carboxylic acids is 2. The minimum Gasteiger partial charge on any atom is -0.326 e. The average Bonchev–Trinajstić information content (AvgIpc) is 2.46. The fourth-order valence-corrected chi connectivity index (χ4v) is 2.01. The van der Waals surface area contributed by atoms with Gasteiger partial charge in [-0.15, -0.1) is 0 Å². The first-order chi connectivity index (χ1) is 10.5. The smallest absolute Gasteiger partial charge is 0.224 e. The molecule has 5 heteroatoms. The molecule has 114 valence electrons. The van der Waals surface area contributed by atoms with E-state index in [4.69, 9.17) is 0 Å². The first-order valence-corrected chi connectivity index (χ1v) is 6.95. The summed E-state index contributed by atoms with van der Waals surface area (Å²) in [5, 5.41) is 5.43. The number of hydrogen-bond donors (Lipinski definition) is 2. The molecule has 2 rings (SSSR count). The summed E-state index contributed by atoms with van der Waals surface area (Å²) in [7, 11) is 0. The Bertz CT molecular complexity index is 669. The summed E-state index contributed by atoms with van der Waals surface area (Å²) in [6.07, 6.45) is 0.841. The lowest BCUT2D eigenvalue weighted by molar-refractivity contribution is -0.116. The molecule has 0 saturated heterocycles. The molecule has 2 aromatic carbocycles. The lowest BCUT2D eigenvalue weighted by Gasteiger charge is -2.08. The summed E-state index contributed by atoms with van der Waals surface area (Å²) >= 11 is 0. The molecule has 4 nitrogen and oxygen atoms in total. The van der Waals surface area contributed by atoms with Gasteiger partial charge in [0.25, 0.3) is 0 Å². The number of rotatable bonds is 5. The van der Waals surface area contributed by atoms with Crippen LogP contribution in [-0.2, 0) is 16.0 Å². The second-order valence-corrected chi connectivity index (χ2v) is 4.94. The van der Waals surface area contributed by atoms with E-state index in [9.17, 15) is 14.0 Å². The van der Waals surface area contributed by atoms with Gasteiger partial charge in [0.2, 0.25) is 11.8 Å².